The van der Waals surface area contributed by atoms with E-state index in [1.54, 1.807) is 30.4 Å². The van der Waals surface area contributed by atoms with Gasteiger partial charge in [0.05, 0.1) is 17.4 Å². The molecule has 0 bridgehead atoms. The minimum atomic E-state index is -0.188. The number of nitrogens with zero attached hydrogens (tertiary/aromatic N) is 2. The SMILES string of the molecule is CCC(C)(C)N(C)C(=O)c1ccncc1NN. The summed E-state index contributed by atoms with van der Waals surface area (Å²) in [5, 5.41) is 0. The van der Waals surface area contributed by atoms with E-state index in [1.807, 2.05) is 13.8 Å². The van der Waals surface area contributed by atoms with Gasteiger partial charge < -0.3 is 10.3 Å². The van der Waals surface area contributed by atoms with E-state index in [-0.39, 0.29) is 11.4 Å². The zero-order valence-electron chi connectivity index (χ0n) is 10.8. The number of anilines is 1. The highest BCUT2D eigenvalue weighted by molar-refractivity contribution is 5.99. The Labute approximate surface area is 102 Å². The highest BCUT2D eigenvalue weighted by Gasteiger charge is 2.27. The van der Waals surface area contributed by atoms with E-state index in [0.29, 0.717) is 11.3 Å². The fourth-order valence-electron chi connectivity index (χ4n) is 1.39. The van der Waals surface area contributed by atoms with Crippen molar-refractivity contribution in [3.05, 3.63) is 24.0 Å². The summed E-state index contributed by atoms with van der Waals surface area (Å²) in [6.45, 7) is 6.11. The van der Waals surface area contributed by atoms with Gasteiger partial charge in [0, 0.05) is 18.8 Å². The van der Waals surface area contributed by atoms with Crippen LogP contribution in [-0.4, -0.2) is 28.4 Å². The fraction of sp³-hybridized carbons (Fsp3) is 0.500. The second-order valence-corrected chi connectivity index (χ2v) is 4.60. The molecule has 0 saturated heterocycles. The van der Waals surface area contributed by atoms with Gasteiger partial charge in [0.25, 0.3) is 5.91 Å². The topological polar surface area (TPSA) is 71.2 Å². The second-order valence-electron chi connectivity index (χ2n) is 4.60. The van der Waals surface area contributed by atoms with Gasteiger partial charge in [-0.1, -0.05) is 6.92 Å². The number of hydrogen-bond acceptors (Lipinski definition) is 4. The lowest BCUT2D eigenvalue weighted by Crippen LogP contribution is -2.44. The molecule has 0 saturated carbocycles. The summed E-state index contributed by atoms with van der Waals surface area (Å²) in [4.78, 5) is 18.0. The third-order valence-corrected chi connectivity index (χ3v) is 3.28. The first-order valence-corrected chi connectivity index (χ1v) is 5.62. The van der Waals surface area contributed by atoms with Crippen molar-refractivity contribution < 1.29 is 4.79 Å². The standard InChI is InChI=1S/C12H20N4O/c1-5-12(2,3)16(4)11(17)9-6-7-14-8-10(9)15-13/h6-8,15H,5,13H2,1-4H3. The van der Waals surface area contributed by atoms with Crippen LogP contribution in [0.25, 0.3) is 0 Å². The molecule has 0 aliphatic carbocycles. The Morgan fingerprint density at radius 2 is 2.24 bits per heavy atom. The van der Waals surface area contributed by atoms with Gasteiger partial charge in [-0.15, -0.1) is 0 Å². The predicted octanol–water partition coefficient (Wildman–Crippen LogP) is 1.63. The van der Waals surface area contributed by atoms with Crippen LogP contribution in [0.3, 0.4) is 0 Å². The smallest absolute Gasteiger partial charge is 0.256 e. The third kappa shape index (κ3) is 2.74. The average molecular weight is 236 g/mol. The van der Waals surface area contributed by atoms with Crippen molar-refractivity contribution in [2.75, 3.05) is 12.5 Å². The van der Waals surface area contributed by atoms with Crippen molar-refractivity contribution in [3.8, 4) is 0 Å². The third-order valence-electron chi connectivity index (χ3n) is 3.28. The summed E-state index contributed by atoms with van der Waals surface area (Å²) >= 11 is 0. The number of hydrogen-bond donors (Lipinski definition) is 2. The Morgan fingerprint density at radius 1 is 1.59 bits per heavy atom. The fourth-order valence-corrected chi connectivity index (χ4v) is 1.39. The minimum absolute atomic E-state index is 0.0628. The summed E-state index contributed by atoms with van der Waals surface area (Å²) in [6, 6.07) is 1.67. The number of rotatable bonds is 4. The normalized spacial score (nSPS) is 11.1. The summed E-state index contributed by atoms with van der Waals surface area (Å²) < 4.78 is 0. The molecule has 0 fully saturated rings. The molecule has 3 N–H and O–H groups in total. The van der Waals surface area contributed by atoms with Gasteiger partial charge in [0.2, 0.25) is 0 Å². The molecule has 0 radical (unpaired) electrons. The molecule has 1 rings (SSSR count). The van der Waals surface area contributed by atoms with Gasteiger partial charge in [0.1, 0.15) is 0 Å². The van der Waals surface area contributed by atoms with Crippen LogP contribution in [0, 0.1) is 0 Å². The first kappa shape index (κ1) is 13.4. The maximum Gasteiger partial charge on any atom is 0.256 e. The van der Waals surface area contributed by atoms with E-state index in [4.69, 9.17) is 5.84 Å². The number of amides is 1. The van der Waals surface area contributed by atoms with E-state index in [9.17, 15) is 4.79 Å². The van der Waals surface area contributed by atoms with Crippen LogP contribution in [0.1, 0.15) is 37.6 Å². The molecule has 0 aromatic carbocycles. The highest BCUT2D eigenvalue weighted by atomic mass is 16.2. The second kappa shape index (κ2) is 5.14. The van der Waals surface area contributed by atoms with E-state index >= 15 is 0 Å². The lowest BCUT2D eigenvalue weighted by atomic mass is 9.99. The summed E-state index contributed by atoms with van der Waals surface area (Å²) in [5.41, 5.74) is 3.37. The summed E-state index contributed by atoms with van der Waals surface area (Å²) in [5.74, 6) is 5.31. The first-order chi connectivity index (χ1) is 7.94. The molecular formula is C12H20N4O. The number of hydrazine groups is 1. The van der Waals surface area contributed by atoms with Crippen LogP contribution in [0.2, 0.25) is 0 Å². The average Bonchev–Trinajstić information content (AvgIpc) is 2.36. The van der Waals surface area contributed by atoms with E-state index in [2.05, 4.69) is 17.3 Å². The van der Waals surface area contributed by atoms with Crippen LogP contribution >= 0.6 is 0 Å². The van der Waals surface area contributed by atoms with Crippen molar-refractivity contribution in [3.63, 3.8) is 0 Å². The van der Waals surface area contributed by atoms with Crippen LogP contribution in [0.15, 0.2) is 18.5 Å². The Balaban J connectivity index is 3.04. The molecule has 5 nitrogen and oxygen atoms in total. The number of aromatic nitrogens is 1. The van der Waals surface area contributed by atoms with Crippen LogP contribution in [0.5, 0.6) is 0 Å². The van der Waals surface area contributed by atoms with Gasteiger partial charge in [-0.25, -0.2) is 0 Å². The molecule has 5 heteroatoms. The summed E-state index contributed by atoms with van der Waals surface area (Å²) in [7, 11) is 1.80. The Hall–Kier alpha value is -1.62. The molecule has 1 aromatic heterocycles. The van der Waals surface area contributed by atoms with Crippen LogP contribution < -0.4 is 11.3 Å². The maximum absolute atomic E-state index is 12.3. The number of pyridine rings is 1. The largest absolute Gasteiger partial charge is 0.337 e. The van der Waals surface area contributed by atoms with Gasteiger partial charge in [-0.2, -0.15) is 0 Å². The van der Waals surface area contributed by atoms with Crippen LogP contribution in [0.4, 0.5) is 5.69 Å². The monoisotopic (exact) mass is 236 g/mol. The van der Waals surface area contributed by atoms with Crippen LogP contribution in [-0.2, 0) is 0 Å². The zero-order valence-corrected chi connectivity index (χ0v) is 10.8. The number of nitrogens with one attached hydrogen (secondary N) is 1. The van der Waals surface area contributed by atoms with E-state index < -0.39 is 0 Å². The predicted molar refractivity (Wildman–Crippen MR) is 68.5 cm³/mol. The Bertz CT molecular complexity index is 403. The summed E-state index contributed by atoms with van der Waals surface area (Å²) in [6.07, 6.45) is 4.01. The molecule has 0 atom stereocenters. The van der Waals surface area contributed by atoms with Gasteiger partial charge >= 0.3 is 0 Å². The number of nitrogen functional groups attached to an aromatic ring is 1. The number of carbonyl (C=O) groups excluding carboxylic acids is 1. The molecular weight excluding hydrogens is 216 g/mol. The molecule has 0 unspecified atom stereocenters. The molecule has 1 heterocycles. The molecule has 0 spiro atoms. The lowest BCUT2D eigenvalue weighted by Gasteiger charge is -2.35. The quantitative estimate of drug-likeness (QED) is 0.615. The molecule has 17 heavy (non-hydrogen) atoms. The van der Waals surface area contributed by atoms with Crippen molar-refractivity contribution in [1.29, 1.82) is 0 Å². The van der Waals surface area contributed by atoms with Crippen molar-refractivity contribution >= 4 is 11.6 Å². The molecule has 1 aromatic rings. The molecule has 1 amide bonds. The first-order valence-electron chi connectivity index (χ1n) is 5.62. The maximum atomic E-state index is 12.3. The number of carbonyl (C=O) groups is 1. The zero-order chi connectivity index (χ0) is 13.1. The van der Waals surface area contributed by atoms with Crippen molar-refractivity contribution in [2.45, 2.75) is 32.7 Å². The highest BCUT2D eigenvalue weighted by Crippen LogP contribution is 2.22. The van der Waals surface area contributed by atoms with E-state index in [1.165, 1.54) is 0 Å². The molecule has 0 aliphatic heterocycles. The minimum Gasteiger partial charge on any atom is -0.337 e. The lowest BCUT2D eigenvalue weighted by molar-refractivity contribution is 0.0621. The van der Waals surface area contributed by atoms with Gasteiger partial charge in [-0.3, -0.25) is 15.6 Å². The Kier molecular flexibility index (Phi) is 4.07. The molecule has 94 valence electrons. The van der Waals surface area contributed by atoms with E-state index in [0.717, 1.165) is 6.42 Å². The van der Waals surface area contributed by atoms with Crippen molar-refractivity contribution in [1.82, 2.24) is 9.88 Å². The van der Waals surface area contributed by atoms with Crippen molar-refractivity contribution in [2.24, 2.45) is 5.84 Å². The Morgan fingerprint density at radius 3 is 2.76 bits per heavy atom. The van der Waals surface area contributed by atoms with Gasteiger partial charge in [0.15, 0.2) is 0 Å². The molecule has 0 aliphatic rings. The number of nitrogens with two attached hydrogens (primary N) is 1. The van der Waals surface area contributed by atoms with Gasteiger partial charge in [-0.05, 0) is 26.3 Å².